The largest absolute Gasteiger partial charge is 0.480 e. The summed E-state index contributed by atoms with van der Waals surface area (Å²) in [6.07, 6.45) is 1.21. The Labute approximate surface area is 139 Å². The van der Waals surface area contributed by atoms with E-state index in [9.17, 15) is 19.5 Å². The number of aryl methyl sites for hydroxylation is 2. The Balaban J connectivity index is 1.87. The number of nitrogens with zero attached hydrogens (tertiary/aromatic N) is 2. The molecule has 2 amide bonds. The van der Waals surface area contributed by atoms with Crippen LogP contribution in [0.4, 0.5) is 5.69 Å². The summed E-state index contributed by atoms with van der Waals surface area (Å²) in [5.74, 6) is -1.73. The van der Waals surface area contributed by atoms with Crippen LogP contribution in [0.1, 0.15) is 36.8 Å². The van der Waals surface area contributed by atoms with Crippen molar-refractivity contribution >= 4 is 29.2 Å². The number of nitrogens with one attached hydrogen (secondary N) is 1. The molecule has 1 saturated carbocycles. The van der Waals surface area contributed by atoms with Gasteiger partial charge in [0.25, 0.3) is 5.91 Å². The zero-order valence-electron chi connectivity index (χ0n) is 13.6. The molecule has 0 aromatic heterocycles. The predicted octanol–water partition coefficient (Wildman–Crippen LogP) is 1.52. The molecule has 0 unspecified atom stereocenters. The molecule has 1 heterocycles. The highest BCUT2D eigenvalue weighted by molar-refractivity contribution is 6.40. The van der Waals surface area contributed by atoms with E-state index in [1.807, 2.05) is 32.0 Å². The van der Waals surface area contributed by atoms with Crippen molar-refractivity contribution in [1.29, 1.82) is 0 Å². The number of carboxylic acid groups (broad SMARTS) is 1. The summed E-state index contributed by atoms with van der Waals surface area (Å²) in [7, 11) is 0. The van der Waals surface area contributed by atoms with Crippen molar-refractivity contribution in [2.45, 2.75) is 45.1 Å². The molecule has 2 N–H and O–H groups in total. The van der Waals surface area contributed by atoms with E-state index in [1.54, 1.807) is 0 Å². The van der Waals surface area contributed by atoms with Crippen molar-refractivity contribution in [3.05, 3.63) is 29.3 Å². The number of rotatable bonds is 4. The topological polar surface area (TPSA) is 99.1 Å². The lowest BCUT2D eigenvalue weighted by atomic mass is 10.1. The lowest BCUT2D eigenvalue weighted by molar-refractivity contribution is -0.142. The molecule has 1 aromatic carbocycles. The first-order valence-electron chi connectivity index (χ1n) is 7.86. The van der Waals surface area contributed by atoms with Gasteiger partial charge in [-0.1, -0.05) is 12.1 Å². The third kappa shape index (κ3) is 2.89. The Morgan fingerprint density at radius 3 is 2.58 bits per heavy atom. The van der Waals surface area contributed by atoms with Crippen LogP contribution in [-0.2, 0) is 14.4 Å². The highest BCUT2D eigenvalue weighted by Gasteiger charge is 2.52. The van der Waals surface area contributed by atoms with Crippen LogP contribution in [-0.4, -0.2) is 34.1 Å². The van der Waals surface area contributed by atoms with Gasteiger partial charge in [0.2, 0.25) is 5.91 Å². The number of hydrazone groups is 1. The third-order valence-electron chi connectivity index (χ3n) is 4.40. The van der Waals surface area contributed by atoms with E-state index in [0.29, 0.717) is 18.5 Å². The maximum atomic E-state index is 12.4. The fraction of sp³-hybridized carbons (Fsp3) is 0.412. The molecule has 126 valence electrons. The van der Waals surface area contributed by atoms with Gasteiger partial charge in [0.1, 0.15) is 11.3 Å². The molecule has 1 aliphatic heterocycles. The number of hydrogen-bond donors (Lipinski definition) is 2. The number of carbonyl (C=O) groups is 3. The number of carboxylic acids is 1. The summed E-state index contributed by atoms with van der Waals surface area (Å²) in [4.78, 5) is 35.8. The van der Waals surface area contributed by atoms with Crippen LogP contribution in [0.15, 0.2) is 23.3 Å². The molecule has 1 fully saturated rings. The minimum absolute atomic E-state index is 0.166. The fourth-order valence-corrected chi connectivity index (χ4v) is 2.66. The van der Waals surface area contributed by atoms with Gasteiger partial charge in [-0.15, -0.1) is 0 Å². The number of anilines is 1. The lowest BCUT2D eigenvalue weighted by Crippen LogP contribution is -2.48. The zero-order chi connectivity index (χ0) is 17.5. The smallest absolute Gasteiger partial charge is 0.329 e. The van der Waals surface area contributed by atoms with Gasteiger partial charge < -0.3 is 10.4 Å². The number of amides is 2. The number of hydrogen-bond acceptors (Lipinski definition) is 4. The Kier molecular flexibility index (Phi) is 3.87. The van der Waals surface area contributed by atoms with Gasteiger partial charge in [0.15, 0.2) is 0 Å². The Hall–Kier alpha value is -2.70. The van der Waals surface area contributed by atoms with Gasteiger partial charge in [0.05, 0.1) is 5.69 Å². The van der Waals surface area contributed by atoms with E-state index < -0.39 is 17.4 Å². The van der Waals surface area contributed by atoms with Crippen LogP contribution in [0.5, 0.6) is 0 Å². The van der Waals surface area contributed by atoms with Crippen molar-refractivity contribution in [3.8, 4) is 0 Å². The summed E-state index contributed by atoms with van der Waals surface area (Å²) in [5, 5.41) is 17.2. The van der Waals surface area contributed by atoms with Gasteiger partial charge in [-0.3, -0.25) is 9.59 Å². The molecule has 0 spiro atoms. The second-order valence-corrected chi connectivity index (χ2v) is 6.38. The Bertz CT molecular complexity index is 765. The summed E-state index contributed by atoms with van der Waals surface area (Å²) >= 11 is 0. The van der Waals surface area contributed by atoms with Crippen molar-refractivity contribution < 1.29 is 19.5 Å². The van der Waals surface area contributed by atoms with Crippen molar-refractivity contribution in [2.24, 2.45) is 5.10 Å². The molecule has 3 rings (SSSR count). The molecule has 0 atom stereocenters. The van der Waals surface area contributed by atoms with Crippen molar-refractivity contribution in [2.75, 3.05) is 5.01 Å². The van der Waals surface area contributed by atoms with E-state index in [1.165, 1.54) is 5.01 Å². The van der Waals surface area contributed by atoms with Crippen LogP contribution < -0.4 is 10.3 Å². The molecule has 0 radical (unpaired) electrons. The Morgan fingerprint density at radius 1 is 1.25 bits per heavy atom. The minimum atomic E-state index is -1.16. The molecule has 1 aromatic rings. The second kappa shape index (κ2) is 5.74. The lowest BCUT2D eigenvalue weighted by Gasteiger charge is -2.25. The summed E-state index contributed by atoms with van der Waals surface area (Å²) in [6.45, 7) is 3.79. The SMILES string of the molecule is Cc1ccc(C)c(N2N=C(C(=O)NC3(C(=O)O)CC3)CCC2=O)c1. The van der Waals surface area contributed by atoms with Gasteiger partial charge >= 0.3 is 5.97 Å². The molecular weight excluding hydrogens is 310 g/mol. The van der Waals surface area contributed by atoms with Gasteiger partial charge in [-0.25, -0.2) is 9.80 Å². The summed E-state index contributed by atoms with van der Waals surface area (Å²) in [5.41, 5.74) is 1.53. The third-order valence-corrected chi connectivity index (χ3v) is 4.40. The first kappa shape index (κ1) is 16.2. The predicted molar refractivity (Wildman–Crippen MR) is 87.8 cm³/mol. The van der Waals surface area contributed by atoms with E-state index in [0.717, 1.165) is 11.1 Å². The summed E-state index contributed by atoms with van der Waals surface area (Å²) in [6, 6.07) is 5.68. The average Bonchev–Trinajstić information content (AvgIpc) is 3.31. The standard InChI is InChI=1S/C17H19N3O4/c1-10-3-4-11(2)13(9-10)20-14(21)6-5-12(19-20)15(22)18-17(7-8-17)16(23)24/h3-4,9H,5-8H2,1-2H3,(H,18,22)(H,23,24). The second-order valence-electron chi connectivity index (χ2n) is 6.38. The van der Waals surface area contributed by atoms with Crippen LogP contribution in [0.3, 0.4) is 0 Å². The average molecular weight is 329 g/mol. The first-order valence-corrected chi connectivity index (χ1v) is 7.86. The highest BCUT2D eigenvalue weighted by Crippen LogP contribution is 2.35. The normalized spacial score (nSPS) is 18.8. The van der Waals surface area contributed by atoms with Crippen molar-refractivity contribution in [1.82, 2.24) is 5.32 Å². The molecule has 24 heavy (non-hydrogen) atoms. The molecule has 2 aliphatic rings. The minimum Gasteiger partial charge on any atom is -0.480 e. The van der Waals surface area contributed by atoms with Crippen LogP contribution in [0, 0.1) is 13.8 Å². The number of benzene rings is 1. The van der Waals surface area contributed by atoms with Gasteiger partial charge in [-0.05, 0) is 43.9 Å². The molecule has 1 aliphatic carbocycles. The quantitative estimate of drug-likeness (QED) is 0.875. The fourth-order valence-electron chi connectivity index (χ4n) is 2.66. The molecule has 0 saturated heterocycles. The Morgan fingerprint density at radius 2 is 1.96 bits per heavy atom. The number of aliphatic carboxylic acids is 1. The summed E-state index contributed by atoms with van der Waals surface area (Å²) < 4.78 is 0. The molecular formula is C17H19N3O4. The van der Waals surface area contributed by atoms with E-state index in [2.05, 4.69) is 10.4 Å². The molecule has 7 heteroatoms. The highest BCUT2D eigenvalue weighted by atomic mass is 16.4. The first-order chi connectivity index (χ1) is 11.3. The molecule has 7 nitrogen and oxygen atoms in total. The van der Waals surface area contributed by atoms with Gasteiger partial charge in [-0.2, -0.15) is 5.10 Å². The van der Waals surface area contributed by atoms with E-state index >= 15 is 0 Å². The van der Waals surface area contributed by atoms with E-state index in [-0.39, 0.29) is 24.5 Å². The van der Waals surface area contributed by atoms with Crippen LogP contribution in [0.25, 0.3) is 0 Å². The van der Waals surface area contributed by atoms with Crippen LogP contribution in [0.2, 0.25) is 0 Å². The maximum Gasteiger partial charge on any atom is 0.329 e. The maximum absolute atomic E-state index is 12.4. The van der Waals surface area contributed by atoms with E-state index in [4.69, 9.17) is 0 Å². The molecule has 0 bridgehead atoms. The van der Waals surface area contributed by atoms with Gasteiger partial charge in [0, 0.05) is 12.8 Å². The zero-order valence-corrected chi connectivity index (χ0v) is 13.6. The van der Waals surface area contributed by atoms with Crippen LogP contribution >= 0.6 is 0 Å². The number of carbonyl (C=O) groups excluding carboxylic acids is 2. The van der Waals surface area contributed by atoms with Crippen molar-refractivity contribution in [3.63, 3.8) is 0 Å². The monoisotopic (exact) mass is 329 g/mol.